The maximum Gasteiger partial charge on any atom is 0.256 e. The SMILES string of the molecule is O=C(Nc1ccc(N2CCCCCC2)cn1)c1ccc(S(=O)(=O)N2CCCC2)cc1. The van der Waals surface area contributed by atoms with E-state index in [4.69, 9.17) is 0 Å². The second-order valence-corrected chi connectivity index (χ2v) is 9.83. The summed E-state index contributed by atoms with van der Waals surface area (Å²) in [5.41, 5.74) is 1.47. The Kier molecular flexibility index (Phi) is 6.34. The van der Waals surface area contributed by atoms with Gasteiger partial charge < -0.3 is 10.2 Å². The second kappa shape index (κ2) is 9.14. The van der Waals surface area contributed by atoms with Crippen molar-refractivity contribution in [3.05, 3.63) is 48.2 Å². The van der Waals surface area contributed by atoms with E-state index in [1.54, 1.807) is 18.3 Å². The minimum Gasteiger partial charge on any atom is -0.370 e. The molecule has 2 fully saturated rings. The summed E-state index contributed by atoms with van der Waals surface area (Å²) in [4.78, 5) is 19.5. The summed E-state index contributed by atoms with van der Waals surface area (Å²) >= 11 is 0. The average molecular weight is 429 g/mol. The van der Waals surface area contributed by atoms with E-state index in [1.807, 2.05) is 12.1 Å². The van der Waals surface area contributed by atoms with Crippen molar-refractivity contribution < 1.29 is 13.2 Å². The van der Waals surface area contributed by atoms with Gasteiger partial charge >= 0.3 is 0 Å². The maximum atomic E-state index is 12.6. The highest BCUT2D eigenvalue weighted by molar-refractivity contribution is 7.89. The van der Waals surface area contributed by atoms with E-state index in [-0.39, 0.29) is 10.8 Å². The lowest BCUT2D eigenvalue weighted by Crippen LogP contribution is -2.27. The Labute approximate surface area is 178 Å². The van der Waals surface area contributed by atoms with Crippen LogP contribution in [0.15, 0.2) is 47.5 Å². The number of benzene rings is 1. The maximum absolute atomic E-state index is 12.6. The third kappa shape index (κ3) is 4.65. The molecule has 1 amide bonds. The number of carbonyl (C=O) groups excluding carboxylic acids is 1. The van der Waals surface area contributed by atoms with Crippen LogP contribution in [0, 0.1) is 0 Å². The number of amides is 1. The highest BCUT2D eigenvalue weighted by Crippen LogP contribution is 2.22. The molecule has 7 nitrogen and oxygen atoms in total. The normalized spacial score (nSPS) is 18.2. The van der Waals surface area contributed by atoms with Gasteiger partial charge in [0.2, 0.25) is 10.0 Å². The van der Waals surface area contributed by atoms with Crippen molar-refractivity contribution in [2.45, 2.75) is 43.4 Å². The number of hydrogen-bond donors (Lipinski definition) is 1. The number of anilines is 2. The second-order valence-electron chi connectivity index (χ2n) is 7.89. The minimum absolute atomic E-state index is 0.223. The van der Waals surface area contributed by atoms with Crippen LogP contribution in [0.4, 0.5) is 11.5 Å². The van der Waals surface area contributed by atoms with E-state index in [9.17, 15) is 13.2 Å². The Morgan fingerprint density at radius 1 is 0.833 bits per heavy atom. The first-order chi connectivity index (χ1) is 14.5. The molecule has 0 bridgehead atoms. The lowest BCUT2D eigenvalue weighted by atomic mass is 10.2. The number of sulfonamides is 1. The van der Waals surface area contributed by atoms with Crippen LogP contribution in [0.25, 0.3) is 0 Å². The number of carbonyl (C=O) groups is 1. The van der Waals surface area contributed by atoms with E-state index in [0.29, 0.717) is 24.5 Å². The zero-order chi connectivity index (χ0) is 21.0. The Bertz CT molecular complexity index is 960. The van der Waals surface area contributed by atoms with Gasteiger partial charge in [-0.3, -0.25) is 4.79 Å². The Morgan fingerprint density at radius 2 is 1.47 bits per heavy atom. The zero-order valence-electron chi connectivity index (χ0n) is 17.1. The summed E-state index contributed by atoms with van der Waals surface area (Å²) in [6.45, 7) is 3.20. The van der Waals surface area contributed by atoms with Crippen molar-refractivity contribution in [3.8, 4) is 0 Å². The Hall–Kier alpha value is -2.45. The molecule has 2 aliphatic rings. The molecule has 3 heterocycles. The molecule has 1 N–H and O–H groups in total. The average Bonchev–Trinajstić information content (AvgIpc) is 3.19. The third-order valence-electron chi connectivity index (χ3n) is 5.78. The standard InChI is InChI=1S/C22H28N4O3S/c27-22(18-7-10-20(11-8-18)30(28,29)26-15-5-6-16-26)24-21-12-9-19(17-23-21)25-13-3-1-2-4-14-25/h7-12,17H,1-6,13-16H2,(H,23,24,27). The van der Waals surface area contributed by atoms with Crippen LogP contribution in [-0.4, -0.2) is 49.8 Å². The van der Waals surface area contributed by atoms with Gasteiger partial charge in [-0.15, -0.1) is 0 Å². The number of nitrogens with zero attached hydrogens (tertiary/aromatic N) is 3. The Balaban J connectivity index is 1.40. The molecule has 2 aliphatic heterocycles. The van der Waals surface area contributed by atoms with Crippen molar-refractivity contribution in [1.82, 2.24) is 9.29 Å². The van der Waals surface area contributed by atoms with Gasteiger partial charge in [0, 0.05) is 31.7 Å². The molecule has 0 unspecified atom stereocenters. The van der Waals surface area contributed by atoms with Crippen LogP contribution in [0.5, 0.6) is 0 Å². The molecule has 30 heavy (non-hydrogen) atoms. The summed E-state index contributed by atoms with van der Waals surface area (Å²) in [5.74, 6) is 0.169. The summed E-state index contributed by atoms with van der Waals surface area (Å²) in [6.07, 6.45) is 8.52. The molecular formula is C22H28N4O3S. The van der Waals surface area contributed by atoms with Crippen LogP contribution < -0.4 is 10.2 Å². The molecule has 0 aliphatic carbocycles. The van der Waals surface area contributed by atoms with Gasteiger partial charge in [-0.2, -0.15) is 4.31 Å². The number of hydrogen-bond acceptors (Lipinski definition) is 5. The van der Waals surface area contributed by atoms with Gasteiger partial charge in [-0.25, -0.2) is 13.4 Å². The van der Waals surface area contributed by atoms with Crippen molar-refractivity contribution in [2.75, 3.05) is 36.4 Å². The largest absolute Gasteiger partial charge is 0.370 e. The molecule has 160 valence electrons. The van der Waals surface area contributed by atoms with Gasteiger partial charge in [0.15, 0.2) is 0 Å². The van der Waals surface area contributed by atoms with E-state index < -0.39 is 10.0 Å². The van der Waals surface area contributed by atoms with E-state index in [2.05, 4.69) is 15.2 Å². The minimum atomic E-state index is -3.47. The molecule has 0 atom stereocenters. The number of rotatable bonds is 5. The molecule has 4 rings (SSSR count). The molecule has 0 spiro atoms. The lowest BCUT2D eigenvalue weighted by molar-refractivity contribution is 0.102. The zero-order valence-corrected chi connectivity index (χ0v) is 17.9. The van der Waals surface area contributed by atoms with Crippen LogP contribution in [0.3, 0.4) is 0 Å². The summed E-state index contributed by atoms with van der Waals surface area (Å²) < 4.78 is 26.7. The topological polar surface area (TPSA) is 82.6 Å². The molecule has 2 saturated heterocycles. The van der Waals surface area contributed by atoms with Gasteiger partial charge in [-0.1, -0.05) is 12.8 Å². The predicted molar refractivity (Wildman–Crippen MR) is 117 cm³/mol. The molecule has 0 radical (unpaired) electrons. The van der Waals surface area contributed by atoms with Crippen LogP contribution >= 0.6 is 0 Å². The van der Waals surface area contributed by atoms with Gasteiger partial charge in [0.05, 0.1) is 16.8 Å². The smallest absolute Gasteiger partial charge is 0.256 e. The Morgan fingerprint density at radius 3 is 2.07 bits per heavy atom. The molecular weight excluding hydrogens is 400 g/mol. The highest BCUT2D eigenvalue weighted by Gasteiger charge is 2.27. The molecule has 2 aromatic rings. The van der Waals surface area contributed by atoms with Gasteiger partial charge in [0.1, 0.15) is 5.82 Å². The first kappa shape index (κ1) is 20.8. The van der Waals surface area contributed by atoms with Crippen molar-refractivity contribution >= 4 is 27.4 Å². The fraction of sp³-hybridized carbons (Fsp3) is 0.455. The quantitative estimate of drug-likeness (QED) is 0.788. The molecule has 0 saturated carbocycles. The van der Waals surface area contributed by atoms with E-state index in [1.165, 1.54) is 42.1 Å². The fourth-order valence-corrected chi connectivity index (χ4v) is 5.54. The molecule has 1 aromatic carbocycles. The first-order valence-electron chi connectivity index (χ1n) is 10.7. The molecule has 1 aromatic heterocycles. The summed E-state index contributed by atoms with van der Waals surface area (Å²) in [7, 11) is -3.47. The van der Waals surface area contributed by atoms with Crippen molar-refractivity contribution in [3.63, 3.8) is 0 Å². The van der Waals surface area contributed by atoms with Gasteiger partial charge in [-0.05, 0) is 62.1 Å². The van der Waals surface area contributed by atoms with Crippen LogP contribution in [0.2, 0.25) is 0 Å². The number of nitrogens with one attached hydrogen (secondary N) is 1. The fourth-order valence-electron chi connectivity index (χ4n) is 4.02. The summed E-state index contributed by atoms with van der Waals surface area (Å²) in [5, 5.41) is 2.79. The summed E-state index contributed by atoms with van der Waals surface area (Å²) in [6, 6.07) is 9.88. The predicted octanol–water partition coefficient (Wildman–Crippen LogP) is 3.50. The molecule has 8 heteroatoms. The van der Waals surface area contributed by atoms with E-state index >= 15 is 0 Å². The van der Waals surface area contributed by atoms with Crippen LogP contribution in [-0.2, 0) is 10.0 Å². The van der Waals surface area contributed by atoms with Crippen LogP contribution in [0.1, 0.15) is 48.9 Å². The highest BCUT2D eigenvalue weighted by atomic mass is 32.2. The van der Waals surface area contributed by atoms with Crippen molar-refractivity contribution in [2.24, 2.45) is 0 Å². The van der Waals surface area contributed by atoms with Gasteiger partial charge in [0.25, 0.3) is 5.91 Å². The monoisotopic (exact) mass is 428 g/mol. The first-order valence-corrected chi connectivity index (χ1v) is 12.1. The third-order valence-corrected chi connectivity index (χ3v) is 7.69. The van der Waals surface area contributed by atoms with Crippen molar-refractivity contribution in [1.29, 1.82) is 0 Å². The lowest BCUT2D eigenvalue weighted by Gasteiger charge is -2.22. The number of aromatic nitrogens is 1. The van der Waals surface area contributed by atoms with E-state index in [0.717, 1.165) is 31.6 Å². The number of pyridine rings is 1.